The van der Waals surface area contributed by atoms with Gasteiger partial charge in [-0.25, -0.2) is 8.78 Å². The van der Waals surface area contributed by atoms with Crippen LogP contribution in [0.3, 0.4) is 0 Å². The molecule has 148 valence electrons. The van der Waals surface area contributed by atoms with Crippen molar-refractivity contribution in [3.63, 3.8) is 0 Å². The van der Waals surface area contributed by atoms with Crippen LogP contribution in [0.2, 0.25) is 0 Å². The molecule has 0 bridgehead atoms. The van der Waals surface area contributed by atoms with E-state index in [2.05, 4.69) is 40.4 Å². The number of fused-ring (bicyclic) bond motifs is 1. The summed E-state index contributed by atoms with van der Waals surface area (Å²) in [6.45, 7) is 3.47. The molecule has 1 fully saturated rings. The fraction of sp³-hybridized carbons (Fsp3) is 0.409. The zero-order valence-electron chi connectivity index (χ0n) is 16.0. The smallest absolute Gasteiger partial charge is 0.251 e. The lowest BCUT2D eigenvalue weighted by Gasteiger charge is -2.29. The fourth-order valence-electron chi connectivity index (χ4n) is 4.23. The number of carbonyl (C=O) groups excluding carboxylic acids is 1. The van der Waals surface area contributed by atoms with E-state index in [4.69, 9.17) is 0 Å². The number of nitrogens with zero attached hydrogens (tertiary/aromatic N) is 2. The van der Waals surface area contributed by atoms with Gasteiger partial charge in [0.25, 0.3) is 5.91 Å². The first-order valence-corrected chi connectivity index (χ1v) is 9.84. The number of nitrogens with one attached hydrogen (secondary N) is 1. The zero-order valence-corrected chi connectivity index (χ0v) is 16.0. The van der Waals surface area contributed by atoms with E-state index < -0.39 is 11.6 Å². The van der Waals surface area contributed by atoms with Gasteiger partial charge < -0.3 is 10.2 Å². The lowest BCUT2D eigenvalue weighted by atomic mass is 10.0. The van der Waals surface area contributed by atoms with Crippen LogP contribution in [0.25, 0.3) is 0 Å². The van der Waals surface area contributed by atoms with Crippen molar-refractivity contribution in [2.75, 3.05) is 38.1 Å². The summed E-state index contributed by atoms with van der Waals surface area (Å²) in [5.74, 6) is -2.34. The molecule has 1 N–H and O–H groups in total. The quantitative estimate of drug-likeness (QED) is 0.855. The summed E-state index contributed by atoms with van der Waals surface area (Å²) in [5.41, 5.74) is 3.95. The molecule has 2 aliphatic rings. The lowest BCUT2D eigenvalue weighted by Crippen LogP contribution is -2.36. The van der Waals surface area contributed by atoms with Crippen molar-refractivity contribution >= 4 is 11.6 Å². The number of benzene rings is 2. The van der Waals surface area contributed by atoms with E-state index in [0.717, 1.165) is 51.0 Å². The second-order valence-corrected chi connectivity index (χ2v) is 7.66. The summed E-state index contributed by atoms with van der Waals surface area (Å²) in [6.07, 6.45) is 3.34. The standard InChI is InChI=1S/C22H25F2N3O/c1-26-11-8-16-12-15(5-7-20(16)26)21(27-9-2-3-10-27)14-25-22(28)17-4-6-18(23)19(24)13-17/h4-7,12-13,21H,2-3,8-11,14H2,1H3,(H,25,28)/t21-/m1/s1. The Labute approximate surface area is 164 Å². The van der Waals surface area contributed by atoms with Gasteiger partial charge in [0, 0.05) is 31.4 Å². The highest BCUT2D eigenvalue weighted by atomic mass is 19.2. The molecular weight excluding hydrogens is 360 g/mol. The molecule has 0 radical (unpaired) electrons. The van der Waals surface area contributed by atoms with Crippen molar-refractivity contribution in [2.45, 2.75) is 25.3 Å². The highest BCUT2D eigenvalue weighted by Gasteiger charge is 2.26. The number of hydrogen-bond acceptors (Lipinski definition) is 3. The molecule has 0 spiro atoms. The number of carbonyl (C=O) groups is 1. The summed E-state index contributed by atoms with van der Waals surface area (Å²) in [7, 11) is 2.10. The number of likely N-dealkylation sites (tertiary alicyclic amines) is 1. The Bertz CT molecular complexity index is 880. The molecule has 4 nitrogen and oxygen atoms in total. The van der Waals surface area contributed by atoms with E-state index in [9.17, 15) is 13.6 Å². The summed E-state index contributed by atoms with van der Waals surface area (Å²) in [6, 6.07) is 9.88. The van der Waals surface area contributed by atoms with Gasteiger partial charge in [-0.05, 0) is 67.7 Å². The van der Waals surface area contributed by atoms with E-state index >= 15 is 0 Å². The van der Waals surface area contributed by atoms with Gasteiger partial charge in [-0.2, -0.15) is 0 Å². The minimum absolute atomic E-state index is 0.0768. The molecule has 28 heavy (non-hydrogen) atoms. The molecule has 2 heterocycles. The maximum absolute atomic E-state index is 13.4. The molecule has 2 aliphatic heterocycles. The SMILES string of the molecule is CN1CCc2cc([C@@H](CNC(=O)c3ccc(F)c(F)c3)N3CCCC3)ccc21. The maximum Gasteiger partial charge on any atom is 0.251 e. The van der Waals surface area contributed by atoms with Gasteiger partial charge in [0.05, 0.1) is 6.04 Å². The number of amides is 1. The van der Waals surface area contributed by atoms with Gasteiger partial charge in [0.1, 0.15) is 0 Å². The molecule has 1 saturated heterocycles. The molecule has 0 unspecified atom stereocenters. The average Bonchev–Trinajstić information content (AvgIpc) is 3.34. The van der Waals surface area contributed by atoms with E-state index in [1.807, 2.05) is 0 Å². The molecule has 1 amide bonds. The zero-order chi connectivity index (χ0) is 19.7. The largest absolute Gasteiger partial charge is 0.374 e. The summed E-state index contributed by atoms with van der Waals surface area (Å²) >= 11 is 0. The van der Waals surface area contributed by atoms with Crippen LogP contribution in [0.15, 0.2) is 36.4 Å². The topological polar surface area (TPSA) is 35.6 Å². The second kappa shape index (κ2) is 7.87. The Balaban J connectivity index is 1.52. The normalized spacial score (nSPS) is 17.6. The Kier molecular flexibility index (Phi) is 5.31. The summed E-state index contributed by atoms with van der Waals surface area (Å²) < 4.78 is 26.6. The predicted molar refractivity (Wildman–Crippen MR) is 106 cm³/mol. The maximum atomic E-state index is 13.4. The molecule has 0 saturated carbocycles. The Hall–Kier alpha value is -2.47. The molecule has 4 rings (SSSR count). The third-order valence-electron chi connectivity index (χ3n) is 5.84. The highest BCUT2D eigenvalue weighted by molar-refractivity contribution is 5.94. The minimum atomic E-state index is -1.01. The van der Waals surface area contributed by atoms with Crippen LogP contribution in [0.4, 0.5) is 14.5 Å². The highest BCUT2D eigenvalue weighted by Crippen LogP contribution is 2.32. The van der Waals surface area contributed by atoms with Crippen LogP contribution < -0.4 is 10.2 Å². The molecule has 6 heteroatoms. The third-order valence-corrected chi connectivity index (χ3v) is 5.84. The van der Waals surface area contributed by atoms with Gasteiger partial charge in [-0.1, -0.05) is 12.1 Å². The molecule has 0 aliphatic carbocycles. The number of likely N-dealkylation sites (N-methyl/N-ethyl adjacent to an activating group) is 1. The molecule has 2 aromatic carbocycles. The number of halogens is 2. The Morgan fingerprint density at radius 3 is 2.61 bits per heavy atom. The summed E-state index contributed by atoms with van der Waals surface area (Å²) in [5, 5.41) is 2.92. The molecular formula is C22H25F2N3O. The van der Waals surface area contributed by atoms with Crippen molar-refractivity contribution in [3.05, 3.63) is 64.7 Å². The molecule has 0 aromatic heterocycles. The Morgan fingerprint density at radius 1 is 1.07 bits per heavy atom. The van der Waals surface area contributed by atoms with Crippen molar-refractivity contribution in [3.8, 4) is 0 Å². The first-order chi connectivity index (χ1) is 13.5. The van der Waals surface area contributed by atoms with Crippen molar-refractivity contribution in [1.29, 1.82) is 0 Å². The second-order valence-electron chi connectivity index (χ2n) is 7.66. The van der Waals surface area contributed by atoms with E-state index in [1.54, 1.807) is 0 Å². The van der Waals surface area contributed by atoms with Gasteiger partial charge >= 0.3 is 0 Å². The first kappa shape index (κ1) is 18.9. The van der Waals surface area contributed by atoms with Crippen LogP contribution >= 0.6 is 0 Å². The predicted octanol–water partition coefficient (Wildman–Crippen LogP) is 3.52. The number of hydrogen-bond donors (Lipinski definition) is 1. The van der Waals surface area contributed by atoms with Crippen LogP contribution in [0.5, 0.6) is 0 Å². The van der Waals surface area contributed by atoms with E-state index in [1.165, 1.54) is 22.9 Å². The monoisotopic (exact) mass is 385 g/mol. The lowest BCUT2D eigenvalue weighted by molar-refractivity contribution is 0.0937. The van der Waals surface area contributed by atoms with Gasteiger partial charge in [0.15, 0.2) is 11.6 Å². The van der Waals surface area contributed by atoms with Crippen LogP contribution in [-0.2, 0) is 6.42 Å². The van der Waals surface area contributed by atoms with Crippen molar-refractivity contribution in [2.24, 2.45) is 0 Å². The first-order valence-electron chi connectivity index (χ1n) is 9.84. The van der Waals surface area contributed by atoms with Crippen molar-refractivity contribution in [1.82, 2.24) is 10.2 Å². The third kappa shape index (κ3) is 3.74. The average molecular weight is 385 g/mol. The van der Waals surface area contributed by atoms with Crippen LogP contribution in [-0.4, -0.2) is 44.0 Å². The van der Waals surface area contributed by atoms with Crippen LogP contribution in [0.1, 0.15) is 40.4 Å². The minimum Gasteiger partial charge on any atom is -0.374 e. The van der Waals surface area contributed by atoms with E-state index in [-0.39, 0.29) is 17.5 Å². The van der Waals surface area contributed by atoms with Crippen molar-refractivity contribution < 1.29 is 13.6 Å². The summed E-state index contributed by atoms with van der Waals surface area (Å²) in [4.78, 5) is 17.1. The van der Waals surface area contributed by atoms with Gasteiger partial charge in [0.2, 0.25) is 0 Å². The molecule has 2 aromatic rings. The van der Waals surface area contributed by atoms with Gasteiger partial charge in [-0.15, -0.1) is 0 Å². The fourth-order valence-corrected chi connectivity index (χ4v) is 4.23. The number of rotatable bonds is 5. The Morgan fingerprint density at radius 2 is 1.86 bits per heavy atom. The van der Waals surface area contributed by atoms with Gasteiger partial charge in [-0.3, -0.25) is 9.69 Å². The van der Waals surface area contributed by atoms with E-state index in [0.29, 0.717) is 6.54 Å². The number of anilines is 1. The van der Waals surface area contributed by atoms with Crippen LogP contribution in [0, 0.1) is 11.6 Å². The molecule has 1 atom stereocenters.